The molecule has 106 valence electrons. The van der Waals surface area contributed by atoms with Crippen LogP contribution in [-0.4, -0.2) is 29.1 Å². The molecule has 20 heavy (non-hydrogen) atoms. The summed E-state index contributed by atoms with van der Waals surface area (Å²) in [6.45, 7) is 5.04. The molecule has 1 saturated heterocycles. The molecule has 0 saturated carbocycles. The van der Waals surface area contributed by atoms with Gasteiger partial charge in [0.2, 0.25) is 0 Å². The van der Waals surface area contributed by atoms with E-state index in [2.05, 4.69) is 16.0 Å². The molecule has 1 unspecified atom stereocenters. The molecule has 1 aromatic heterocycles. The Morgan fingerprint density at radius 1 is 1.60 bits per heavy atom. The third-order valence-electron chi connectivity index (χ3n) is 4.25. The molecule has 1 aliphatic heterocycles. The lowest BCUT2D eigenvalue weighted by Gasteiger charge is -2.40. The van der Waals surface area contributed by atoms with Crippen molar-refractivity contribution in [1.29, 1.82) is 5.26 Å². The number of nitriles is 1. The minimum absolute atomic E-state index is 0.0699. The second kappa shape index (κ2) is 5.49. The first-order valence-electron chi connectivity index (χ1n) is 6.79. The number of nitrogens with zero attached hydrogens (tertiary/aromatic N) is 3. The van der Waals surface area contributed by atoms with E-state index in [1.807, 2.05) is 0 Å². The summed E-state index contributed by atoms with van der Waals surface area (Å²) >= 11 is 0. The van der Waals surface area contributed by atoms with Gasteiger partial charge in [0.05, 0.1) is 22.9 Å². The van der Waals surface area contributed by atoms with E-state index < -0.39 is 11.4 Å². The summed E-state index contributed by atoms with van der Waals surface area (Å²) in [5.74, 6) is -0.698. The normalized spacial score (nSPS) is 19.4. The third kappa shape index (κ3) is 2.60. The molecule has 1 aromatic rings. The Kier molecular flexibility index (Phi) is 3.93. The molecule has 2 rings (SSSR count). The monoisotopic (exact) mass is 273 g/mol. The summed E-state index contributed by atoms with van der Waals surface area (Å²) in [6, 6.07) is 3.87. The number of piperidine rings is 1. The smallest absolute Gasteiger partial charge is 0.309 e. The van der Waals surface area contributed by atoms with Crippen LogP contribution in [0.4, 0.5) is 5.69 Å². The molecule has 2 heterocycles. The van der Waals surface area contributed by atoms with Crippen LogP contribution in [-0.2, 0) is 4.79 Å². The van der Waals surface area contributed by atoms with Gasteiger partial charge in [-0.1, -0.05) is 0 Å². The van der Waals surface area contributed by atoms with Crippen LogP contribution < -0.4 is 4.90 Å². The van der Waals surface area contributed by atoms with Gasteiger partial charge in [0.1, 0.15) is 6.07 Å². The van der Waals surface area contributed by atoms with Crippen molar-refractivity contribution in [2.24, 2.45) is 11.3 Å². The molecule has 1 N–H and O–H groups in total. The van der Waals surface area contributed by atoms with Crippen LogP contribution in [0.3, 0.4) is 0 Å². The van der Waals surface area contributed by atoms with Gasteiger partial charge in [-0.3, -0.25) is 9.78 Å². The highest BCUT2D eigenvalue weighted by Gasteiger charge is 2.39. The number of hydrogen-bond donors (Lipinski definition) is 1. The number of anilines is 1. The van der Waals surface area contributed by atoms with Crippen LogP contribution in [0.2, 0.25) is 0 Å². The molecule has 1 fully saturated rings. The first-order valence-corrected chi connectivity index (χ1v) is 6.79. The second-order valence-electron chi connectivity index (χ2n) is 5.82. The minimum atomic E-state index is -0.768. The Bertz CT molecular complexity index is 548. The predicted octanol–water partition coefficient (Wildman–Crippen LogP) is 2.28. The minimum Gasteiger partial charge on any atom is -0.481 e. The van der Waals surface area contributed by atoms with E-state index in [1.165, 1.54) is 0 Å². The first-order chi connectivity index (χ1) is 9.46. The second-order valence-corrected chi connectivity index (χ2v) is 5.82. The topological polar surface area (TPSA) is 77.2 Å². The van der Waals surface area contributed by atoms with Crippen molar-refractivity contribution in [2.75, 3.05) is 18.0 Å². The van der Waals surface area contributed by atoms with Crippen molar-refractivity contribution < 1.29 is 9.90 Å². The number of aliphatic carboxylic acids is 1. The van der Waals surface area contributed by atoms with E-state index >= 15 is 0 Å². The number of carboxylic acids is 1. The average Bonchev–Trinajstić information content (AvgIpc) is 2.47. The van der Waals surface area contributed by atoms with Crippen molar-refractivity contribution in [3.05, 3.63) is 24.0 Å². The fourth-order valence-electron chi connectivity index (χ4n) is 2.69. The van der Waals surface area contributed by atoms with Crippen LogP contribution in [0.1, 0.15) is 32.3 Å². The van der Waals surface area contributed by atoms with E-state index in [9.17, 15) is 9.90 Å². The first kappa shape index (κ1) is 14.3. The maximum Gasteiger partial charge on any atom is 0.309 e. The Hall–Kier alpha value is -2.09. The highest BCUT2D eigenvalue weighted by molar-refractivity contribution is 5.74. The van der Waals surface area contributed by atoms with Gasteiger partial charge in [-0.25, -0.2) is 0 Å². The maximum absolute atomic E-state index is 11.4. The van der Waals surface area contributed by atoms with E-state index in [0.29, 0.717) is 12.1 Å². The molecule has 5 nitrogen and oxygen atoms in total. The molecule has 0 bridgehead atoms. The van der Waals surface area contributed by atoms with Crippen LogP contribution in [0.5, 0.6) is 0 Å². The molecule has 1 atom stereocenters. The van der Waals surface area contributed by atoms with E-state index in [-0.39, 0.29) is 5.92 Å². The lowest BCUT2D eigenvalue weighted by Crippen LogP contribution is -2.45. The summed E-state index contributed by atoms with van der Waals surface area (Å²) in [4.78, 5) is 17.6. The standard InChI is InChI=1S/C15H19N3O2/c1-15(2,14(19)20)12-4-3-7-18(10-12)13-9-17-6-5-11(13)8-16/h5-6,9,12H,3-4,7,10H2,1-2H3,(H,19,20). The van der Waals surface area contributed by atoms with Gasteiger partial charge in [-0.15, -0.1) is 0 Å². The highest BCUT2D eigenvalue weighted by atomic mass is 16.4. The fourth-order valence-corrected chi connectivity index (χ4v) is 2.69. The third-order valence-corrected chi connectivity index (χ3v) is 4.25. The van der Waals surface area contributed by atoms with Crippen LogP contribution >= 0.6 is 0 Å². The van der Waals surface area contributed by atoms with Crippen molar-refractivity contribution in [3.63, 3.8) is 0 Å². The van der Waals surface area contributed by atoms with E-state index in [1.54, 1.807) is 32.3 Å². The van der Waals surface area contributed by atoms with Gasteiger partial charge >= 0.3 is 5.97 Å². The predicted molar refractivity (Wildman–Crippen MR) is 75.3 cm³/mol. The largest absolute Gasteiger partial charge is 0.481 e. The van der Waals surface area contributed by atoms with E-state index in [0.717, 1.165) is 25.1 Å². The zero-order valence-corrected chi connectivity index (χ0v) is 11.8. The number of aromatic nitrogens is 1. The maximum atomic E-state index is 11.4. The molecule has 0 radical (unpaired) electrons. The molecule has 5 heteroatoms. The van der Waals surface area contributed by atoms with Crippen LogP contribution in [0.15, 0.2) is 18.5 Å². The van der Waals surface area contributed by atoms with Gasteiger partial charge in [-0.05, 0) is 38.7 Å². The molecule has 0 aromatic carbocycles. The number of rotatable bonds is 3. The van der Waals surface area contributed by atoms with Gasteiger partial charge < -0.3 is 10.0 Å². The van der Waals surface area contributed by atoms with Gasteiger partial charge in [0.25, 0.3) is 0 Å². The van der Waals surface area contributed by atoms with Gasteiger partial charge in [0.15, 0.2) is 0 Å². The van der Waals surface area contributed by atoms with Crippen molar-refractivity contribution in [3.8, 4) is 6.07 Å². The van der Waals surface area contributed by atoms with Crippen molar-refractivity contribution >= 4 is 11.7 Å². The molecule has 0 spiro atoms. The van der Waals surface area contributed by atoms with Crippen molar-refractivity contribution in [1.82, 2.24) is 4.98 Å². The Morgan fingerprint density at radius 2 is 2.35 bits per heavy atom. The lowest BCUT2D eigenvalue weighted by molar-refractivity contribution is -0.150. The number of carbonyl (C=O) groups is 1. The molecular formula is C15H19N3O2. The SMILES string of the molecule is CC(C)(C(=O)O)C1CCCN(c2cnccc2C#N)C1. The fraction of sp³-hybridized carbons (Fsp3) is 0.533. The zero-order chi connectivity index (χ0) is 14.8. The van der Waals surface area contributed by atoms with Crippen LogP contribution in [0.25, 0.3) is 0 Å². The summed E-state index contributed by atoms with van der Waals surface area (Å²) in [5.41, 5.74) is 0.642. The van der Waals surface area contributed by atoms with E-state index in [4.69, 9.17) is 5.26 Å². The Balaban J connectivity index is 2.24. The quantitative estimate of drug-likeness (QED) is 0.914. The zero-order valence-electron chi connectivity index (χ0n) is 11.8. The highest BCUT2D eigenvalue weighted by Crippen LogP contribution is 2.36. The number of hydrogen-bond acceptors (Lipinski definition) is 4. The summed E-state index contributed by atoms with van der Waals surface area (Å²) in [7, 11) is 0. The summed E-state index contributed by atoms with van der Waals surface area (Å²) < 4.78 is 0. The average molecular weight is 273 g/mol. The van der Waals surface area contributed by atoms with Gasteiger partial charge in [-0.2, -0.15) is 5.26 Å². The van der Waals surface area contributed by atoms with Crippen LogP contribution in [0, 0.1) is 22.7 Å². The molecular weight excluding hydrogens is 254 g/mol. The van der Waals surface area contributed by atoms with Crippen molar-refractivity contribution in [2.45, 2.75) is 26.7 Å². The Morgan fingerprint density at radius 3 is 3.00 bits per heavy atom. The summed E-state index contributed by atoms with van der Waals surface area (Å²) in [6.07, 6.45) is 5.12. The molecule has 0 amide bonds. The summed E-state index contributed by atoms with van der Waals surface area (Å²) in [5, 5.41) is 18.5. The molecule has 0 aliphatic carbocycles. The molecule has 1 aliphatic rings. The van der Waals surface area contributed by atoms with Gasteiger partial charge in [0, 0.05) is 19.3 Å². The lowest BCUT2D eigenvalue weighted by atomic mass is 9.74. The Labute approximate surface area is 118 Å². The number of pyridine rings is 1. The number of carboxylic acid groups (broad SMARTS) is 1.